The molecule has 5 heterocycles. The molecule has 0 aliphatic carbocycles. The van der Waals surface area contributed by atoms with Gasteiger partial charge in [-0.3, -0.25) is 0 Å². The summed E-state index contributed by atoms with van der Waals surface area (Å²) in [6.07, 6.45) is 0. The third kappa shape index (κ3) is 5.10. The van der Waals surface area contributed by atoms with Crippen LogP contribution in [-0.2, 0) is 0 Å². The van der Waals surface area contributed by atoms with E-state index in [1.165, 1.54) is 22.7 Å². The molecular weight excluding hydrogens is 881 g/mol. The third-order valence-electron chi connectivity index (χ3n) is 13.6. The number of nitrogens with zero attached hydrogens (tertiary/aromatic N) is 4. The highest BCUT2D eigenvalue weighted by molar-refractivity contribution is 7.27. The van der Waals surface area contributed by atoms with Crippen molar-refractivity contribution in [2.45, 2.75) is 0 Å². The Labute approximate surface area is 415 Å². The van der Waals surface area contributed by atoms with Crippen LogP contribution < -0.4 is 0 Å². The molecule has 0 bridgehead atoms. The van der Waals surface area contributed by atoms with Crippen LogP contribution in [0.4, 0.5) is 5.69 Å². The molecule has 10 aromatic carbocycles. The first kappa shape index (κ1) is 29.6. The number of thiophene rings is 2. The monoisotopic (exact) mass is 922 g/mol. The van der Waals surface area contributed by atoms with Crippen LogP contribution in [0.2, 0.25) is 0 Å². The Morgan fingerprint density at radius 1 is 0.493 bits per heavy atom. The van der Waals surface area contributed by atoms with E-state index >= 15 is 0 Å². The van der Waals surface area contributed by atoms with Crippen molar-refractivity contribution in [1.29, 1.82) is 5.26 Å². The molecule has 7 heteroatoms. The normalized spacial score (nSPS) is 14.1. The first-order chi connectivity index (χ1) is 38.3. The topological polar surface area (TPSA) is 51.1 Å². The second kappa shape index (κ2) is 14.3. The summed E-state index contributed by atoms with van der Waals surface area (Å²) in [5, 5.41) is 20.3. The van der Waals surface area contributed by atoms with Crippen molar-refractivity contribution < 1.29 is 18.1 Å². The predicted octanol–water partition coefficient (Wildman–Crippen LogP) is 18.3. The van der Waals surface area contributed by atoms with Crippen molar-refractivity contribution in [2.24, 2.45) is 0 Å². The Morgan fingerprint density at radius 2 is 1.00 bits per heavy atom. The van der Waals surface area contributed by atoms with Gasteiger partial charge in [-0.1, -0.05) is 164 Å². The fourth-order valence-corrected chi connectivity index (χ4v) is 13.3. The van der Waals surface area contributed by atoms with Crippen LogP contribution >= 0.6 is 22.7 Å². The highest BCUT2D eigenvalue weighted by Gasteiger charge is 2.33. The molecule has 318 valence electrons. The number of nitriles is 1. The van der Waals surface area contributed by atoms with Gasteiger partial charge in [0, 0.05) is 74.4 Å². The number of rotatable bonds is 4. The Kier molecular flexibility index (Phi) is 6.12. The summed E-state index contributed by atoms with van der Waals surface area (Å²) in [6, 6.07) is 38.7. The van der Waals surface area contributed by atoms with E-state index < -0.39 is 66.0 Å². The van der Waals surface area contributed by atoms with Crippen LogP contribution in [-0.4, -0.2) is 9.13 Å². The van der Waals surface area contributed by atoms with Crippen LogP contribution in [0.15, 0.2) is 198 Å². The fourth-order valence-electron chi connectivity index (χ4n) is 10.8. The Morgan fingerprint density at radius 3 is 1.61 bits per heavy atom. The number of fused-ring (bicyclic) bond motifs is 18. The minimum absolute atomic E-state index is 0.0398. The minimum Gasteiger partial charge on any atom is -0.454 e. The highest BCUT2D eigenvalue weighted by atomic mass is 32.1. The molecule has 5 aromatic heterocycles. The quantitative estimate of drug-likeness (QED) is 0.165. The van der Waals surface area contributed by atoms with Crippen molar-refractivity contribution in [1.82, 2.24) is 9.13 Å². The molecular formula is C62H32N4OS2. The first-order valence-corrected chi connectivity index (χ1v) is 23.7. The zero-order chi connectivity index (χ0) is 54.2. The van der Waals surface area contributed by atoms with Crippen molar-refractivity contribution in [2.75, 3.05) is 0 Å². The molecule has 0 unspecified atom stereocenters. The van der Waals surface area contributed by atoms with Crippen LogP contribution in [0.3, 0.4) is 0 Å². The van der Waals surface area contributed by atoms with Gasteiger partial charge < -0.3 is 13.6 Å². The first-order valence-electron chi connectivity index (χ1n) is 27.0. The molecule has 0 atom stereocenters. The largest absolute Gasteiger partial charge is 0.454 e. The van der Waals surface area contributed by atoms with E-state index in [0.29, 0.717) is 49.4 Å². The average molecular weight is 923 g/mol. The molecule has 0 saturated carbocycles. The zero-order valence-corrected chi connectivity index (χ0v) is 37.3. The Hall–Kier alpha value is -8.98. The van der Waals surface area contributed by atoms with Crippen molar-refractivity contribution in [3.8, 4) is 39.7 Å². The van der Waals surface area contributed by atoms with Gasteiger partial charge in [0.25, 0.3) is 0 Å². The summed E-state index contributed by atoms with van der Waals surface area (Å²) in [4.78, 5) is 4.34. The zero-order valence-electron chi connectivity index (χ0n) is 45.7. The maximum Gasteiger partial charge on any atom is 0.220 e. The van der Waals surface area contributed by atoms with Gasteiger partial charge in [0.15, 0.2) is 5.58 Å². The van der Waals surface area contributed by atoms with Crippen molar-refractivity contribution >= 4 is 134 Å². The molecule has 0 N–H and O–H groups in total. The lowest BCUT2D eigenvalue weighted by Crippen LogP contribution is -2.09. The Balaban J connectivity index is 1.33. The van der Waals surface area contributed by atoms with E-state index in [0.717, 1.165) is 56.5 Å². The van der Waals surface area contributed by atoms with Gasteiger partial charge in [0.2, 0.25) is 5.69 Å². The van der Waals surface area contributed by atoms with E-state index in [9.17, 15) is 20.1 Å². The van der Waals surface area contributed by atoms with Gasteiger partial charge >= 0.3 is 0 Å². The van der Waals surface area contributed by atoms with Crippen molar-refractivity contribution in [3.05, 3.63) is 211 Å². The van der Waals surface area contributed by atoms with Crippen LogP contribution in [0.5, 0.6) is 0 Å². The van der Waals surface area contributed by atoms with E-state index in [4.69, 9.17) is 9.90 Å². The maximum atomic E-state index is 12.3. The highest BCUT2D eigenvalue weighted by Crippen LogP contribution is 2.55. The van der Waals surface area contributed by atoms with Crippen LogP contribution in [0.1, 0.15) is 19.3 Å². The summed E-state index contributed by atoms with van der Waals surface area (Å²) < 4.78 is 108. The molecule has 0 amide bonds. The number of para-hydroxylation sites is 2. The van der Waals surface area contributed by atoms with Gasteiger partial charge in [0.05, 0.1) is 68.7 Å². The number of benzene rings is 10. The lowest BCUT2D eigenvalue weighted by atomic mass is 9.88. The van der Waals surface area contributed by atoms with Crippen LogP contribution in [0, 0.1) is 17.9 Å². The standard InChI is InChI=1S/C62H32N4OS2/c1-64-54-52(35-16-4-2-5-17-35)47(34-63)55(65-48-24-12-8-20-37(48)41-28-31-44-38-21-9-13-25-49(38)67-60(44)56(41)65)53(36-18-6-3-7-19-36)59(54)66-57-42(29-32-45-39-22-10-14-26-50(39)68-61(45)57)43-30-33-46-40-23-11-15-27-51(40)69-62(46)58(43)66/h2-33H/i2D,3D,4D,5D,6D,7D,16D,17D,18D,19D. The van der Waals surface area contributed by atoms with Gasteiger partial charge in [-0.25, -0.2) is 4.85 Å². The molecule has 5 nitrogen and oxygen atoms in total. The lowest BCUT2D eigenvalue weighted by molar-refractivity contribution is 0.671. The molecule has 0 aliphatic heterocycles. The molecule has 0 saturated heterocycles. The Bertz CT molecular complexity index is 5260. The van der Waals surface area contributed by atoms with E-state index in [2.05, 4.69) is 23.0 Å². The van der Waals surface area contributed by atoms with E-state index in [-0.39, 0.29) is 39.3 Å². The second-order valence-corrected chi connectivity index (χ2v) is 19.0. The number of hydrogen-bond donors (Lipinski definition) is 0. The summed E-state index contributed by atoms with van der Waals surface area (Å²) in [6.45, 7) is 9.55. The fraction of sp³-hybridized carbons (Fsp3) is 0. The molecule has 0 spiro atoms. The summed E-state index contributed by atoms with van der Waals surface area (Å²) >= 11 is 3.05. The van der Waals surface area contributed by atoms with Crippen molar-refractivity contribution in [3.63, 3.8) is 0 Å². The number of hydrogen-bond acceptors (Lipinski definition) is 4. The molecule has 0 radical (unpaired) electrons. The summed E-state index contributed by atoms with van der Waals surface area (Å²) in [5.41, 5.74) is 1.05. The van der Waals surface area contributed by atoms with E-state index in [1.807, 2.05) is 126 Å². The molecule has 0 aliphatic rings. The lowest BCUT2D eigenvalue weighted by Gasteiger charge is -2.26. The summed E-state index contributed by atoms with van der Waals surface area (Å²) in [7, 11) is 0. The van der Waals surface area contributed by atoms with E-state index in [1.54, 1.807) is 4.57 Å². The third-order valence-corrected chi connectivity index (χ3v) is 15.9. The number of furan rings is 1. The smallest absolute Gasteiger partial charge is 0.220 e. The van der Waals surface area contributed by atoms with Gasteiger partial charge in [0.1, 0.15) is 11.7 Å². The minimum atomic E-state index is -0.703. The second-order valence-electron chi connectivity index (χ2n) is 16.9. The van der Waals surface area contributed by atoms with Gasteiger partial charge in [-0.15, -0.1) is 22.7 Å². The van der Waals surface area contributed by atoms with Gasteiger partial charge in [-0.2, -0.15) is 5.26 Å². The van der Waals surface area contributed by atoms with Crippen LogP contribution in [0.25, 0.3) is 144 Å². The molecule has 0 fully saturated rings. The average Bonchev–Trinajstić information content (AvgIpc) is 3.11. The predicted molar refractivity (Wildman–Crippen MR) is 290 cm³/mol. The van der Waals surface area contributed by atoms with Gasteiger partial charge in [-0.05, 0) is 41.5 Å². The maximum absolute atomic E-state index is 12.3. The molecule has 15 aromatic rings. The molecule has 15 rings (SSSR count). The SMILES string of the molecule is [2H]c1c([2H])c([2H])c(-c2c(C#N)c(-n3c4ccccc4c4ccc5c6ccccc6oc5c43)c(-c3c([2H])c([2H])c([2H])c([2H])c3[2H])c(-n3c4c(ccc5c6ccccc6sc54)c4ccc5c6ccccc6sc5c43)c2[N+]#[C-])c([2H])c1[2H]. The molecule has 69 heavy (non-hydrogen) atoms. The number of aromatic nitrogens is 2. The summed E-state index contributed by atoms with van der Waals surface area (Å²) in [5.74, 6) is 0.